The fourth-order valence-corrected chi connectivity index (χ4v) is 2.76. The molecule has 0 radical (unpaired) electrons. The average molecular weight is 211 g/mol. The Hall–Kier alpha value is -0.610. The summed E-state index contributed by atoms with van der Waals surface area (Å²) in [6, 6.07) is 0. The van der Waals surface area contributed by atoms with Gasteiger partial charge < -0.3 is 10.6 Å². The molecule has 0 aromatic carbocycles. The van der Waals surface area contributed by atoms with Crippen molar-refractivity contribution >= 4 is 16.5 Å². The minimum atomic E-state index is 0.213. The molecule has 0 saturated heterocycles. The molecule has 2 rings (SSSR count). The van der Waals surface area contributed by atoms with E-state index in [4.69, 9.17) is 5.73 Å². The molecule has 3 nitrogen and oxygen atoms in total. The molecule has 78 valence electrons. The number of rotatable bonds is 3. The Morgan fingerprint density at radius 2 is 2.29 bits per heavy atom. The van der Waals surface area contributed by atoms with Crippen molar-refractivity contribution in [3.63, 3.8) is 0 Å². The number of hydrogen-bond donors (Lipinski definition) is 1. The Bertz CT molecular complexity index is 309. The number of aromatic nitrogens is 1. The fourth-order valence-electron chi connectivity index (χ4n) is 1.88. The van der Waals surface area contributed by atoms with Crippen LogP contribution in [0.1, 0.15) is 25.0 Å². The lowest BCUT2D eigenvalue weighted by Crippen LogP contribution is -2.41. The lowest BCUT2D eigenvalue weighted by Gasteiger charge is -2.39. The van der Waals surface area contributed by atoms with E-state index in [0.717, 1.165) is 11.7 Å². The highest BCUT2D eigenvalue weighted by Gasteiger charge is 2.39. The van der Waals surface area contributed by atoms with Gasteiger partial charge in [-0.25, -0.2) is 4.98 Å². The van der Waals surface area contributed by atoms with Crippen LogP contribution in [0.25, 0.3) is 0 Å². The molecular formula is C10H17N3S. The third-order valence-corrected chi connectivity index (χ3v) is 4.13. The van der Waals surface area contributed by atoms with Gasteiger partial charge in [0.25, 0.3) is 0 Å². The Labute approximate surface area is 88.9 Å². The van der Waals surface area contributed by atoms with Crippen molar-refractivity contribution in [1.82, 2.24) is 4.98 Å². The maximum atomic E-state index is 5.84. The standard InChI is InChI=1S/C10H17N3S/c1-13(2)9-12-8(6-14-9)10(7-11)4-3-5-10/h6H,3-5,7,11H2,1-2H3. The molecule has 4 heteroatoms. The van der Waals surface area contributed by atoms with Gasteiger partial charge in [-0.2, -0.15) is 0 Å². The van der Waals surface area contributed by atoms with E-state index < -0.39 is 0 Å². The van der Waals surface area contributed by atoms with Crippen LogP contribution in [0.2, 0.25) is 0 Å². The van der Waals surface area contributed by atoms with Crippen LogP contribution in [-0.4, -0.2) is 25.6 Å². The van der Waals surface area contributed by atoms with Crippen LogP contribution in [-0.2, 0) is 5.41 Å². The number of nitrogens with two attached hydrogens (primary N) is 1. The Kier molecular flexibility index (Phi) is 2.49. The quantitative estimate of drug-likeness (QED) is 0.825. The first kappa shape index (κ1) is 9.93. The zero-order valence-corrected chi connectivity index (χ0v) is 9.60. The van der Waals surface area contributed by atoms with Crippen molar-refractivity contribution in [3.05, 3.63) is 11.1 Å². The van der Waals surface area contributed by atoms with Crippen LogP contribution < -0.4 is 10.6 Å². The van der Waals surface area contributed by atoms with Gasteiger partial charge in [0.2, 0.25) is 0 Å². The van der Waals surface area contributed by atoms with Gasteiger partial charge in [-0.05, 0) is 12.8 Å². The smallest absolute Gasteiger partial charge is 0.184 e. The number of anilines is 1. The van der Waals surface area contributed by atoms with Gasteiger partial charge in [0.1, 0.15) is 0 Å². The largest absolute Gasteiger partial charge is 0.354 e. The zero-order chi connectivity index (χ0) is 10.2. The lowest BCUT2D eigenvalue weighted by molar-refractivity contribution is 0.247. The first-order valence-electron chi connectivity index (χ1n) is 5.01. The Balaban J connectivity index is 2.23. The van der Waals surface area contributed by atoms with Crippen molar-refractivity contribution < 1.29 is 0 Å². The zero-order valence-electron chi connectivity index (χ0n) is 8.79. The van der Waals surface area contributed by atoms with Crippen molar-refractivity contribution in [3.8, 4) is 0 Å². The predicted octanol–water partition coefficient (Wildman–Crippen LogP) is 1.59. The van der Waals surface area contributed by atoms with Gasteiger partial charge >= 0.3 is 0 Å². The van der Waals surface area contributed by atoms with Crippen LogP contribution >= 0.6 is 11.3 Å². The van der Waals surface area contributed by atoms with E-state index in [0.29, 0.717) is 0 Å². The molecule has 1 aliphatic rings. The van der Waals surface area contributed by atoms with E-state index in [9.17, 15) is 0 Å². The topological polar surface area (TPSA) is 42.2 Å². The first-order valence-corrected chi connectivity index (χ1v) is 5.89. The second kappa shape index (κ2) is 3.51. The summed E-state index contributed by atoms with van der Waals surface area (Å²) in [6.45, 7) is 0.740. The molecule has 0 spiro atoms. The van der Waals surface area contributed by atoms with E-state index in [1.165, 1.54) is 25.0 Å². The summed E-state index contributed by atoms with van der Waals surface area (Å²) < 4.78 is 0. The summed E-state index contributed by atoms with van der Waals surface area (Å²) in [6.07, 6.45) is 3.71. The molecule has 0 amide bonds. The maximum Gasteiger partial charge on any atom is 0.184 e. The monoisotopic (exact) mass is 211 g/mol. The average Bonchev–Trinajstić information content (AvgIpc) is 2.52. The summed E-state index contributed by atoms with van der Waals surface area (Å²) in [5, 5.41) is 3.25. The molecule has 0 aliphatic heterocycles. The van der Waals surface area contributed by atoms with E-state index in [1.807, 2.05) is 14.1 Å². The normalized spacial score (nSPS) is 19.1. The SMILES string of the molecule is CN(C)c1nc(C2(CN)CCC2)cs1. The van der Waals surface area contributed by atoms with Gasteiger partial charge in [0, 0.05) is 31.4 Å². The maximum absolute atomic E-state index is 5.84. The molecule has 1 fully saturated rings. The highest BCUT2D eigenvalue weighted by atomic mass is 32.1. The Morgan fingerprint density at radius 1 is 1.57 bits per heavy atom. The molecular weight excluding hydrogens is 194 g/mol. The molecule has 1 aliphatic carbocycles. The molecule has 0 unspecified atom stereocenters. The highest BCUT2D eigenvalue weighted by molar-refractivity contribution is 7.13. The third kappa shape index (κ3) is 1.42. The second-order valence-corrected chi connectivity index (χ2v) is 5.08. The van der Waals surface area contributed by atoms with Crippen molar-refractivity contribution in [2.75, 3.05) is 25.5 Å². The summed E-state index contributed by atoms with van der Waals surface area (Å²) in [5.74, 6) is 0. The van der Waals surface area contributed by atoms with Crippen molar-refractivity contribution in [1.29, 1.82) is 0 Å². The second-order valence-electron chi connectivity index (χ2n) is 4.25. The van der Waals surface area contributed by atoms with Crippen molar-refractivity contribution in [2.45, 2.75) is 24.7 Å². The van der Waals surface area contributed by atoms with Gasteiger partial charge in [0.05, 0.1) is 5.69 Å². The number of thiazole rings is 1. The van der Waals surface area contributed by atoms with Crippen LogP contribution in [0.5, 0.6) is 0 Å². The molecule has 1 saturated carbocycles. The minimum Gasteiger partial charge on any atom is -0.354 e. The van der Waals surface area contributed by atoms with Gasteiger partial charge in [0.15, 0.2) is 5.13 Å². The third-order valence-electron chi connectivity index (χ3n) is 3.12. The summed E-state index contributed by atoms with van der Waals surface area (Å²) in [4.78, 5) is 6.69. The van der Waals surface area contributed by atoms with Crippen LogP contribution in [0.3, 0.4) is 0 Å². The highest BCUT2D eigenvalue weighted by Crippen LogP contribution is 2.43. The molecule has 14 heavy (non-hydrogen) atoms. The molecule has 1 heterocycles. The number of hydrogen-bond acceptors (Lipinski definition) is 4. The predicted molar refractivity (Wildman–Crippen MR) is 61.0 cm³/mol. The fraction of sp³-hybridized carbons (Fsp3) is 0.700. The lowest BCUT2D eigenvalue weighted by atomic mass is 9.67. The van der Waals surface area contributed by atoms with Crippen LogP contribution in [0.4, 0.5) is 5.13 Å². The van der Waals surface area contributed by atoms with E-state index >= 15 is 0 Å². The molecule has 0 bridgehead atoms. The summed E-state index contributed by atoms with van der Waals surface area (Å²) >= 11 is 1.71. The number of nitrogens with zero attached hydrogens (tertiary/aromatic N) is 2. The van der Waals surface area contributed by atoms with Gasteiger partial charge in [-0.15, -0.1) is 11.3 Å². The van der Waals surface area contributed by atoms with Crippen LogP contribution in [0.15, 0.2) is 5.38 Å². The Morgan fingerprint density at radius 3 is 2.64 bits per heavy atom. The van der Waals surface area contributed by atoms with Crippen LogP contribution in [0, 0.1) is 0 Å². The molecule has 2 N–H and O–H groups in total. The molecule has 1 aromatic rings. The van der Waals surface area contributed by atoms with E-state index in [-0.39, 0.29) is 5.41 Å². The van der Waals surface area contributed by atoms with Crippen molar-refractivity contribution in [2.24, 2.45) is 5.73 Å². The van der Waals surface area contributed by atoms with Gasteiger partial charge in [-0.3, -0.25) is 0 Å². The molecule has 0 atom stereocenters. The van der Waals surface area contributed by atoms with E-state index in [1.54, 1.807) is 11.3 Å². The van der Waals surface area contributed by atoms with Gasteiger partial charge in [-0.1, -0.05) is 6.42 Å². The molecule has 1 aromatic heterocycles. The summed E-state index contributed by atoms with van der Waals surface area (Å²) in [7, 11) is 4.05. The minimum absolute atomic E-state index is 0.213. The first-order chi connectivity index (χ1) is 6.68. The van der Waals surface area contributed by atoms with E-state index in [2.05, 4.69) is 15.3 Å². The summed E-state index contributed by atoms with van der Waals surface area (Å²) in [5.41, 5.74) is 7.26.